The van der Waals surface area contributed by atoms with Crippen molar-refractivity contribution >= 4 is 7.60 Å². The smallest absolute Gasteiger partial charge is 0.366 e. The van der Waals surface area contributed by atoms with E-state index in [9.17, 15) is 4.57 Å². The van der Waals surface area contributed by atoms with E-state index in [-0.39, 0.29) is 11.4 Å². The van der Waals surface area contributed by atoms with Crippen LogP contribution >= 0.6 is 7.60 Å². The molecule has 0 rings (SSSR count). The van der Waals surface area contributed by atoms with Crippen LogP contribution in [0.5, 0.6) is 0 Å². The molecule has 14 heavy (non-hydrogen) atoms. The molecular weight excluding hydrogens is 201 g/mol. The number of hydrogen-bond acceptors (Lipinski definition) is 2. The summed E-state index contributed by atoms with van der Waals surface area (Å²) in [7, 11) is -4.13. The normalized spacial score (nSPS) is 13.5. The molecule has 0 spiro atoms. The van der Waals surface area contributed by atoms with Gasteiger partial charge in [0.15, 0.2) is 0 Å². The molecule has 84 valence electrons. The minimum absolute atomic E-state index is 0.137. The average molecular weight is 221 g/mol. The predicted molar refractivity (Wildman–Crippen MR) is 57.9 cm³/mol. The van der Waals surface area contributed by atoms with Gasteiger partial charge in [0.05, 0.1) is 0 Å². The van der Waals surface area contributed by atoms with Gasteiger partial charge in [-0.3, -0.25) is 4.57 Å². The summed E-state index contributed by atoms with van der Waals surface area (Å²) in [6.07, 6.45) is 1.63. The lowest BCUT2D eigenvalue weighted by Gasteiger charge is -2.25. The molecule has 4 nitrogen and oxygen atoms in total. The summed E-state index contributed by atoms with van der Waals surface area (Å²) in [5.74, 6) is 0.137. The molecule has 0 aromatic rings. The van der Waals surface area contributed by atoms with Crippen molar-refractivity contribution in [2.45, 2.75) is 27.7 Å². The van der Waals surface area contributed by atoms with Crippen LogP contribution in [0.1, 0.15) is 27.7 Å². The molecule has 0 aliphatic heterocycles. The zero-order valence-corrected chi connectivity index (χ0v) is 10.2. The highest BCUT2D eigenvalue weighted by Gasteiger charge is 2.25. The molecule has 0 aromatic heterocycles. The minimum atomic E-state index is -4.13. The molecule has 0 fully saturated rings. The van der Waals surface area contributed by atoms with Crippen LogP contribution in [0.3, 0.4) is 0 Å². The van der Waals surface area contributed by atoms with Gasteiger partial charge < -0.3 is 14.7 Å². The third-order valence-electron chi connectivity index (χ3n) is 1.87. The van der Waals surface area contributed by atoms with Crippen molar-refractivity contribution in [3.05, 3.63) is 11.5 Å². The van der Waals surface area contributed by atoms with E-state index in [1.807, 2.05) is 27.7 Å². The summed E-state index contributed by atoms with van der Waals surface area (Å²) in [5, 5.41) is 0. The van der Waals surface area contributed by atoms with Crippen molar-refractivity contribution in [2.24, 2.45) is 5.92 Å². The Balaban J connectivity index is 5.00. The maximum atomic E-state index is 11.2. The fourth-order valence-electron chi connectivity index (χ4n) is 1.23. The minimum Gasteiger partial charge on any atom is -0.366 e. The lowest BCUT2D eigenvalue weighted by Crippen LogP contribution is -2.22. The van der Waals surface area contributed by atoms with Gasteiger partial charge in [0, 0.05) is 13.1 Å². The molecular formula is C9H20NO3P. The average Bonchev–Trinajstić information content (AvgIpc) is 2.02. The SMILES string of the molecule is CCN(CC)C(=CC(C)C)P(=O)(O)O. The van der Waals surface area contributed by atoms with Crippen LogP contribution in [0.15, 0.2) is 11.5 Å². The van der Waals surface area contributed by atoms with Gasteiger partial charge >= 0.3 is 7.60 Å². The first-order valence-corrected chi connectivity index (χ1v) is 6.47. The van der Waals surface area contributed by atoms with Crippen LogP contribution in [0.4, 0.5) is 0 Å². The first kappa shape index (κ1) is 13.7. The van der Waals surface area contributed by atoms with Crippen LogP contribution < -0.4 is 0 Å². The van der Waals surface area contributed by atoms with Crippen LogP contribution in [0.2, 0.25) is 0 Å². The first-order valence-electron chi connectivity index (χ1n) is 4.85. The molecule has 0 unspecified atom stereocenters. The van der Waals surface area contributed by atoms with Crippen LogP contribution in [-0.4, -0.2) is 27.8 Å². The lowest BCUT2D eigenvalue weighted by molar-refractivity contribution is 0.334. The monoisotopic (exact) mass is 221 g/mol. The van der Waals surface area contributed by atoms with Gasteiger partial charge in [0.25, 0.3) is 0 Å². The Morgan fingerprint density at radius 2 is 1.79 bits per heavy atom. The first-order chi connectivity index (χ1) is 6.32. The topological polar surface area (TPSA) is 60.8 Å². The van der Waals surface area contributed by atoms with Gasteiger partial charge in [-0.2, -0.15) is 0 Å². The van der Waals surface area contributed by atoms with Crippen LogP contribution in [0.25, 0.3) is 0 Å². The van der Waals surface area contributed by atoms with E-state index in [0.29, 0.717) is 13.1 Å². The summed E-state index contributed by atoms with van der Waals surface area (Å²) in [6, 6.07) is 0. The van der Waals surface area contributed by atoms with E-state index in [2.05, 4.69) is 0 Å². The highest BCUT2D eigenvalue weighted by atomic mass is 31.2. The molecule has 0 aromatic carbocycles. The van der Waals surface area contributed by atoms with E-state index in [0.717, 1.165) is 0 Å². The Labute approximate surface area is 85.8 Å². The molecule has 0 aliphatic carbocycles. The molecule has 0 bridgehead atoms. The Morgan fingerprint density at radius 3 is 2.00 bits per heavy atom. The van der Waals surface area contributed by atoms with Crippen molar-refractivity contribution < 1.29 is 14.4 Å². The second-order valence-corrected chi connectivity index (χ2v) is 5.03. The number of hydrogen-bond donors (Lipinski definition) is 2. The summed E-state index contributed by atoms with van der Waals surface area (Å²) in [4.78, 5) is 20.0. The third-order valence-corrected chi connectivity index (χ3v) is 2.90. The van der Waals surface area contributed by atoms with Gasteiger partial charge in [-0.05, 0) is 19.8 Å². The van der Waals surface area contributed by atoms with Crippen molar-refractivity contribution in [1.82, 2.24) is 4.90 Å². The third kappa shape index (κ3) is 4.27. The number of rotatable bonds is 5. The van der Waals surface area contributed by atoms with Crippen LogP contribution in [0, 0.1) is 5.92 Å². The van der Waals surface area contributed by atoms with Gasteiger partial charge in [-0.15, -0.1) is 0 Å². The predicted octanol–water partition coefficient (Wildman–Crippen LogP) is 2.00. The summed E-state index contributed by atoms with van der Waals surface area (Å²) in [6.45, 7) is 8.79. The quantitative estimate of drug-likeness (QED) is 0.697. The van der Waals surface area contributed by atoms with Gasteiger partial charge in [0.2, 0.25) is 0 Å². The standard InChI is InChI=1S/C9H20NO3P/c1-5-10(6-2)9(7-8(3)4)14(11,12)13/h7-8H,5-6H2,1-4H3,(H2,11,12,13). The zero-order chi connectivity index (χ0) is 11.4. The second-order valence-electron chi connectivity index (χ2n) is 3.49. The van der Waals surface area contributed by atoms with E-state index in [4.69, 9.17) is 9.79 Å². The van der Waals surface area contributed by atoms with Crippen molar-refractivity contribution in [1.29, 1.82) is 0 Å². The molecule has 0 saturated carbocycles. The molecule has 0 aliphatic rings. The highest BCUT2D eigenvalue weighted by molar-refractivity contribution is 7.56. The summed E-state index contributed by atoms with van der Waals surface area (Å²) in [5.41, 5.74) is 0.150. The Morgan fingerprint density at radius 1 is 1.36 bits per heavy atom. The number of allylic oxidation sites excluding steroid dienone is 1. The summed E-state index contributed by atoms with van der Waals surface area (Å²) < 4.78 is 11.2. The van der Waals surface area contributed by atoms with E-state index in [1.165, 1.54) is 0 Å². The molecule has 0 amide bonds. The highest BCUT2D eigenvalue weighted by Crippen LogP contribution is 2.46. The van der Waals surface area contributed by atoms with Crippen molar-refractivity contribution in [3.8, 4) is 0 Å². The van der Waals surface area contributed by atoms with Gasteiger partial charge in [0.1, 0.15) is 5.44 Å². The molecule has 0 saturated heterocycles. The largest absolute Gasteiger partial charge is 0.371 e. The zero-order valence-electron chi connectivity index (χ0n) is 9.27. The van der Waals surface area contributed by atoms with E-state index >= 15 is 0 Å². The molecule has 0 radical (unpaired) electrons. The molecule has 2 N–H and O–H groups in total. The molecule has 0 atom stereocenters. The van der Waals surface area contributed by atoms with Crippen molar-refractivity contribution in [3.63, 3.8) is 0 Å². The maximum absolute atomic E-state index is 11.2. The number of nitrogens with zero attached hydrogens (tertiary/aromatic N) is 1. The van der Waals surface area contributed by atoms with Gasteiger partial charge in [-0.1, -0.05) is 19.9 Å². The summed E-state index contributed by atoms with van der Waals surface area (Å²) >= 11 is 0. The van der Waals surface area contributed by atoms with E-state index in [1.54, 1.807) is 11.0 Å². The fraction of sp³-hybridized carbons (Fsp3) is 0.778. The fourth-order valence-corrected chi connectivity index (χ4v) is 2.38. The van der Waals surface area contributed by atoms with Crippen molar-refractivity contribution in [2.75, 3.05) is 13.1 Å². The van der Waals surface area contributed by atoms with E-state index < -0.39 is 7.60 Å². The Hall–Kier alpha value is -0.310. The van der Waals surface area contributed by atoms with Gasteiger partial charge in [-0.25, -0.2) is 0 Å². The second kappa shape index (κ2) is 5.54. The maximum Gasteiger partial charge on any atom is 0.371 e. The Bertz CT molecular complexity index is 240. The molecule has 0 heterocycles. The lowest BCUT2D eigenvalue weighted by atomic mass is 10.2. The Kier molecular flexibility index (Phi) is 5.42. The molecule has 5 heteroatoms. The van der Waals surface area contributed by atoms with Crippen LogP contribution in [-0.2, 0) is 4.57 Å².